The molecule has 0 spiro atoms. The predicted octanol–water partition coefficient (Wildman–Crippen LogP) is 4.00. The van der Waals surface area contributed by atoms with Crippen LogP contribution in [0, 0.1) is 5.92 Å². The topological polar surface area (TPSA) is 65.5 Å². The summed E-state index contributed by atoms with van der Waals surface area (Å²) in [6.45, 7) is 6.61. The zero-order valence-corrected chi connectivity index (χ0v) is 19.4. The second kappa shape index (κ2) is 10.5. The number of pyridine rings is 1. The smallest absolute Gasteiger partial charge is 0.253 e. The maximum Gasteiger partial charge on any atom is 0.253 e. The molecule has 0 saturated carbocycles. The molecule has 0 radical (unpaired) electrons. The molecule has 2 fully saturated rings. The minimum Gasteiger partial charge on any atom is -0.346 e. The lowest BCUT2D eigenvalue weighted by Gasteiger charge is -2.41. The van der Waals surface area contributed by atoms with Gasteiger partial charge in [-0.1, -0.05) is 18.5 Å². The van der Waals surface area contributed by atoms with E-state index in [1.165, 1.54) is 25.9 Å². The Hall–Kier alpha value is -2.44. The summed E-state index contributed by atoms with van der Waals surface area (Å²) in [5, 5.41) is 3.42. The molecule has 32 heavy (non-hydrogen) atoms. The Balaban J connectivity index is 1.28. The van der Waals surface area contributed by atoms with E-state index in [4.69, 9.17) is 11.6 Å². The van der Waals surface area contributed by atoms with Crippen LogP contribution in [0.4, 0.5) is 0 Å². The lowest BCUT2D eigenvalue weighted by Crippen LogP contribution is -2.49. The summed E-state index contributed by atoms with van der Waals surface area (Å²) in [4.78, 5) is 34.1. The highest BCUT2D eigenvalue weighted by atomic mass is 35.5. The number of rotatable bonds is 5. The zero-order valence-electron chi connectivity index (χ0n) is 18.6. The van der Waals surface area contributed by atoms with Gasteiger partial charge in [-0.3, -0.25) is 19.5 Å². The van der Waals surface area contributed by atoms with Gasteiger partial charge in [-0.2, -0.15) is 0 Å². The average molecular weight is 455 g/mol. The zero-order chi connectivity index (χ0) is 22.5. The number of benzene rings is 1. The molecule has 2 aromatic rings. The number of halogens is 1. The summed E-state index contributed by atoms with van der Waals surface area (Å²) in [6, 6.07) is 10.9. The highest BCUT2D eigenvalue weighted by Crippen LogP contribution is 2.24. The van der Waals surface area contributed by atoms with Crippen molar-refractivity contribution in [1.82, 2.24) is 20.1 Å². The number of hydrogen-bond acceptors (Lipinski definition) is 4. The van der Waals surface area contributed by atoms with Crippen molar-refractivity contribution in [1.29, 1.82) is 0 Å². The van der Waals surface area contributed by atoms with Crippen LogP contribution in [0.25, 0.3) is 0 Å². The van der Waals surface area contributed by atoms with Gasteiger partial charge in [0.15, 0.2) is 0 Å². The molecule has 2 amide bonds. The summed E-state index contributed by atoms with van der Waals surface area (Å²) in [5.41, 5.74) is 1.84. The molecule has 2 aliphatic heterocycles. The van der Waals surface area contributed by atoms with Crippen LogP contribution in [-0.2, 0) is 6.54 Å². The Bertz CT molecular complexity index is 941. The van der Waals surface area contributed by atoms with Crippen LogP contribution in [0.15, 0.2) is 42.6 Å². The maximum absolute atomic E-state index is 12.9. The Morgan fingerprint density at radius 3 is 2.47 bits per heavy atom. The molecule has 4 rings (SSSR count). The minimum atomic E-state index is -0.206. The number of likely N-dealkylation sites (tertiary alicyclic amines) is 2. The number of carbonyl (C=O) groups is 2. The van der Waals surface area contributed by atoms with Crippen molar-refractivity contribution in [2.45, 2.75) is 45.2 Å². The standard InChI is InChI=1S/C25H31ClN4O2/c1-18-3-2-12-30(17-18)23-9-13-29(14-10-23)25(32)20-6-4-19(5-7-20)24(31)28-16-22-15-21(26)8-11-27-22/h4-8,11,15,18,23H,2-3,9-10,12-14,16-17H2,1H3,(H,28,31)/t18-/m1/s1. The molecule has 2 aliphatic rings. The SMILES string of the molecule is C[C@@H]1CCCN(C2CCN(C(=O)c3ccc(C(=O)NCc4cc(Cl)ccn4)cc3)CC2)C1. The normalized spacial score (nSPS) is 20.2. The summed E-state index contributed by atoms with van der Waals surface area (Å²) in [7, 11) is 0. The summed E-state index contributed by atoms with van der Waals surface area (Å²) in [5.74, 6) is 0.619. The number of carbonyl (C=O) groups excluding carboxylic acids is 2. The van der Waals surface area contributed by atoms with E-state index in [0.29, 0.717) is 34.4 Å². The Morgan fingerprint density at radius 2 is 1.78 bits per heavy atom. The van der Waals surface area contributed by atoms with Crippen molar-refractivity contribution in [3.63, 3.8) is 0 Å². The highest BCUT2D eigenvalue weighted by Gasteiger charge is 2.29. The fraction of sp³-hybridized carbons (Fsp3) is 0.480. The van der Waals surface area contributed by atoms with E-state index >= 15 is 0 Å². The van der Waals surface area contributed by atoms with Crippen molar-refractivity contribution in [2.24, 2.45) is 5.92 Å². The molecule has 1 aromatic heterocycles. The van der Waals surface area contributed by atoms with Gasteiger partial charge in [-0.25, -0.2) is 0 Å². The average Bonchev–Trinajstić information content (AvgIpc) is 2.82. The second-order valence-electron chi connectivity index (χ2n) is 8.99. The predicted molar refractivity (Wildman–Crippen MR) is 126 cm³/mol. The van der Waals surface area contributed by atoms with Crippen molar-refractivity contribution in [3.05, 3.63) is 64.4 Å². The third-order valence-electron chi connectivity index (χ3n) is 6.56. The van der Waals surface area contributed by atoms with Crippen molar-refractivity contribution in [2.75, 3.05) is 26.2 Å². The molecule has 1 atom stereocenters. The molecule has 170 valence electrons. The molecule has 6 nitrogen and oxygen atoms in total. The Labute approximate surface area is 195 Å². The molecule has 0 bridgehead atoms. The van der Waals surface area contributed by atoms with E-state index in [-0.39, 0.29) is 11.8 Å². The molecule has 2 saturated heterocycles. The summed E-state index contributed by atoms with van der Waals surface area (Å²) >= 11 is 5.95. The van der Waals surface area contributed by atoms with E-state index in [1.54, 1.807) is 42.6 Å². The van der Waals surface area contributed by atoms with E-state index in [9.17, 15) is 9.59 Å². The lowest BCUT2D eigenvalue weighted by molar-refractivity contribution is 0.0541. The number of aromatic nitrogens is 1. The van der Waals surface area contributed by atoms with E-state index in [1.807, 2.05) is 4.90 Å². The van der Waals surface area contributed by atoms with Gasteiger partial charge in [0.25, 0.3) is 11.8 Å². The van der Waals surface area contributed by atoms with Crippen LogP contribution in [0.5, 0.6) is 0 Å². The molecule has 0 aliphatic carbocycles. The van der Waals surface area contributed by atoms with Crippen LogP contribution < -0.4 is 5.32 Å². The fourth-order valence-corrected chi connectivity index (χ4v) is 4.94. The number of piperidine rings is 2. The van der Waals surface area contributed by atoms with Crippen molar-refractivity contribution in [3.8, 4) is 0 Å². The summed E-state index contributed by atoms with van der Waals surface area (Å²) < 4.78 is 0. The number of nitrogens with zero attached hydrogens (tertiary/aromatic N) is 3. The largest absolute Gasteiger partial charge is 0.346 e. The second-order valence-corrected chi connectivity index (χ2v) is 9.43. The quantitative estimate of drug-likeness (QED) is 0.741. The van der Waals surface area contributed by atoms with Crippen LogP contribution in [0.3, 0.4) is 0 Å². The van der Waals surface area contributed by atoms with Gasteiger partial charge in [-0.05, 0) is 74.5 Å². The molecular weight excluding hydrogens is 424 g/mol. The number of nitrogens with one attached hydrogen (secondary N) is 1. The van der Waals surface area contributed by atoms with E-state index < -0.39 is 0 Å². The third-order valence-corrected chi connectivity index (χ3v) is 6.79. The van der Waals surface area contributed by atoms with Crippen LogP contribution >= 0.6 is 11.6 Å². The van der Waals surface area contributed by atoms with E-state index in [0.717, 1.165) is 31.8 Å². The molecular formula is C25H31ClN4O2. The summed E-state index contributed by atoms with van der Waals surface area (Å²) in [6.07, 6.45) is 6.31. The van der Waals surface area contributed by atoms with Crippen molar-refractivity contribution >= 4 is 23.4 Å². The minimum absolute atomic E-state index is 0.0468. The Morgan fingerprint density at radius 1 is 1.06 bits per heavy atom. The van der Waals surface area contributed by atoms with Gasteiger partial charge >= 0.3 is 0 Å². The first-order valence-electron chi connectivity index (χ1n) is 11.5. The van der Waals surface area contributed by atoms with Crippen LogP contribution in [0.2, 0.25) is 5.02 Å². The maximum atomic E-state index is 12.9. The molecule has 1 aromatic carbocycles. The van der Waals surface area contributed by atoms with Gasteiger partial charge in [-0.15, -0.1) is 0 Å². The monoisotopic (exact) mass is 454 g/mol. The first-order valence-corrected chi connectivity index (χ1v) is 11.9. The van der Waals surface area contributed by atoms with Gasteiger partial charge < -0.3 is 10.2 Å². The first kappa shape index (κ1) is 22.7. The van der Waals surface area contributed by atoms with Crippen LogP contribution in [-0.4, -0.2) is 58.8 Å². The first-order chi connectivity index (χ1) is 15.5. The van der Waals surface area contributed by atoms with Crippen LogP contribution in [0.1, 0.15) is 59.0 Å². The van der Waals surface area contributed by atoms with Gasteiger partial charge in [0.2, 0.25) is 0 Å². The molecule has 1 N–H and O–H groups in total. The van der Waals surface area contributed by atoms with Gasteiger partial charge in [0.05, 0.1) is 12.2 Å². The third kappa shape index (κ3) is 5.67. The molecule has 7 heteroatoms. The lowest BCUT2D eigenvalue weighted by atomic mass is 9.95. The van der Waals surface area contributed by atoms with Gasteiger partial charge in [0, 0.05) is 48.0 Å². The Kier molecular flexibility index (Phi) is 7.43. The molecule has 3 heterocycles. The van der Waals surface area contributed by atoms with Gasteiger partial charge in [0.1, 0.15) is 0 Å². The van der Waals surface area contributed by atoms with E-state index in [2.05, 4.69) is 22.1 Å². The van der Waals surface area contributed by atoms with Crippen molar-refractivity contribution < 1.29 is 9.59 Å². The number of amides is 2. The fourth-order valence-electron chi connectivity index (χ4n) is 4.76. The number of hydrogen-bond donors (Lipinski definition) is 1. The highest BCUT2D eigenvalue weighted by molar-refractivity contribution is 6.30. The molecule has 0 unspecified atom stereocenters.